The van der Waals surface area contributed by atoms with Gasteiger partial charge in [-0.2, -0.15) is 13.2 Å². The summed E-state index contributed by atoms with van der Waals surface area (Å²) >= 11 is 0. The van der Waals surface area contributed by atoms with Crippen LogP contribution in [0.25, 0.3) is 0 Å². The van der Waals surface area contributed by atoms with Crippen molar-refractivity contribution in [3.8, 4) is 0 Å². The number of nitrogens with one attached hydrogen (secondary N) is 1. The molecule has 0 spiro atoms. The molecule has 0 aliphatic rings. The van der Waals surface area contributed by atoms with Gasteiger partial charge in [0.2, 0.25) is 0 Å². The van der Waals surface area contributed by atoms with Gasteiger partial charge in [-0.3, -0.25) is 4.72 Å². The van der Waals surface area contributed by atoms with Gasteiger partial charge < -0.3 is 4.74 Å². The van der Waals surface area contributed by atoms with Gasteiger partial charge in [0, 0.05) is 5.69 Å². The Labute approximate surface area is 142 Å². The number of aryl methyl sites for hydroxylation is 1. The van der Waals surface area contributed by atoms with Crippen LogP contribution in [0.5, 0.6) is 0 Å². The Kier molecular flexibility index (Phi) is 5.07. The summed E-state index contributed by atoms with van der Waals surface area (Å²) < 4.78 is 69.9. The van der Waals surface area contributed by atoms with Gasteiger partial charge in [-0.1, -0.05) is 6.07 Å². The number of carbonyl (C=O) groups excluding carboxylic acids is 1. The zero-order valence-corrected chi connectivity index (χ0v) is 14.0. The molecule has 0 aromatic heterocycles. The van der Waals surface area contributed by atoms with Crippen LogP contribution >= 0.6 is 0 Å². The summed E-state index contributed by atoms with van der Waals surface area (Å²) in [4.78, 5) is 11.1. The number of halogens is 3. The first-order valence-electron chi connectivity index (χ1n) is 6.93. The predicted molar refractivity (Wildman–Crippen MR) is 84.8 cm³/mol. The molecule has 0 aliphatic carbocycles. The van der Waals surface area contributed by atoms with E-state index in [-0.39, 0.29) is 21.7 Å². The zero-order valence-electron chi connectivity index (χ0n) is 13.2. The minimum absolute atomic E-state index is 0.0159. The normalized spacial score (nSPS) is 11.9. The molecule has 25 heavy (non-hydrogen) atoms. The van der Waals surface area contributed by atoms with E-state index in [0.717, 1.165) is 18.2 Å². The first-order chi connectivity index (χ1) is 11.5. The van der Waals surface area contributed by atoms with E-state index < -0.39 is 27.7 Å². The van der Waals surface area contributed by atoms with Crippen molar-refractivity contribution in [1.29, 1.82) is 0 Å². The number of sulfonamides is 1. The van der Waals surface area contributed by atoms with E-state index in [4.69, 9.17) is 0 Å². The maximum Gasteiger partial charge on any atom is 0.416 e. The number of hydrogen-bond donors (Lipinski definition) is 1. The fourth-order valence-corrected chi connectivity index (χ4v) is 3.14. The highest BCUT2D eigenvalue weighted by Gasteiger charge is 2.32. The fourth-order valence-electron chi connectivity index (χ4n) is 2.09. The summed E-state index contributed by atoms with van der Waals surface area (Å²) in [5.74, 6) is -0.634. The van der Waals surface area contributed by atoms with Crippen molar-refractivity contribution in [3.05, 3.63) is 59.2 Å². The van der Waals surface area contributed by atoms with Crippen LogP contribution in [0, 0.1) is 6.92 Å². The fraction of sp³-hybridized carbons (Fsp3) is 0.188. The third kappa shape index (κ3) is 4.30. The Hall–Kier alpha value is -2.55. The van der Waals surface area contributed by atoms with Gasteiger partial charge in [0.05, 0.1) is 23.1 Å². The number of alkyl halides is 3. The average Bonchev–Trinajstić information content (AvgIpc) is 2.54. The third-order valence-electron chi connectivity index (χ3n) is 3.38. The molecule has 0 radical (unpaired) electrons. The van der Waals surface area contributed by atoms with Crippen LogP contribution in [0.1, 0.15) is 21.5 Å². The molecule has 0 bridgehead atoms. The van der Waals surface area contributed by atoms with Crippen molar-refractivity contribution in [2.24, 2.45) is 0 Å². The van der Waals surface area contributed by atoms with Crippen LogP contribution in [-0.2, 0) is 20.9 Å². The smallest absolute Gasteiger partial charge is 0.416 e. The van der Waals surface area contributed by atoms with Crippen LogP contribution < -0.4 is 4.72 Å². The highest BCUT2D eigenvalue weighted by Crippen LogP contribution is 2.33. The molecule has 2 aromatic carbocycles. The molecule has 5 nitrogen and oxygen atoms in total. The highest BCUT2D eigenvalue weighted by molar-refractivity contribution is 7.92. The zero-order chi connectivity index (χ0) is 18.8. The van der Waals surface area contributed by atoms with Crippen LogP contribution in [0.2, 0.25) is 0 Å². The van der Waals surface area contributed by atoms with E-state index in [2.05, 4.69) is 9.46 Å². The maximum absolute atomic E-state index is 12.9. The van der Waals surface area contributed by atoms with Gasteiger partial charge >= 0.3 is 12.1 Å². The van der Waals surface area contributed by atoms with Gasteiger partial charge in [0.15, 0.2) is 0 Å². The summed E-state index contributed by atoms with van der Waals surface area (Å²) in [5.41, 5.74) is -1.00. The van der Waals surface area contributed by atoms with E-state index >= 15 is 0 Å². The molecule has 0 saturated carbocycles. The Morgan fingerprint density at radius 1 is 1.08 bits per heavy atom. The third-order valence-corrected chi connectivity index (χ3v) is 4.78. The van der Waals surface area contributed by atoms with E-state index in [1.807, 2.05) is 0 Å². The number of hydrogen-bond acceptors (Lipinski definition) is 4. The molecule has 2 aromatic rings. The summed E-state index contributed by atoms with van der Waals surface area (Å²) in [7, 11) is -2.92. The Morgan fingerprint density at radius 2 is 1.68 bits per heavy atom. The average molecular weight is 373 g/mol. The highest BCUT2D eigenvalue weighted by atomic mass is 32.2. The van der Waals surface area contributed by atoms with Crippen molar-refractivity contribution < 1.29 is 31.1 Å². The number of esters is 1. The van der Waals surface area contributed by atoms with Crippen molar-refractivity contribution in [3.63, 3.8) is 0 Å². The quantitative estimate of drug-likeness (QED) is 0.831. The second-order valence-electron chi connectivity index (χ2n) is 5.15. The standard InChI is InChI=1S/C16H14F3NO4S/c1-10-3-6-12(9-14(10)16(17,18)19)20-25(22,23)13-7-4-11(5-8-13)15(21)24-2/h3-9,20H,1-2H3. The summed E-state index contributed by atoms with van der Waals surface area (Å²) in [6.07, 6.45) is -4.59. The molecular weight excluding hydrogens is 359 g/mol. The largest absolute Gasteiger partial charge is 0.465 e. The molecule has 9 heteroatoms. The van der Waals surface area contributed by atoms with Crippen LogP contribution in [0.3, 0.4) is 0 Å². The Balaban J connectivity index is 2.31. The van der Waals surface area contributed by atoms with Crippen molar-refractivity contribution in [2.75, 3.05) is 11.8 Å². The van der Waals surface area contributed by atoms with Gasteiger partial charge in [0.25, 0.3) is 10.0 Å². The minimum atomic E-state index is -4.59. The van der Waals surface area contributed by atoms with Crippen molar-refractivity contribution in [1.82, 2.24) is 0 Å². The lowest BCUT2D eigenvalue weighted by Gasteiger charge is -2.13. The molecule has 0 atom stereocenters. The summed E-state index contributed by atoms with van der Waals surface area (Å²) in [5, 5.41) is 0. The number of carbonyl (C=O) groups is 1. The molecule has 2 rings (SSSR count). The van der Waals surface area contributed by atoms with Gasteiger partial charge in [-0.05, 0) is 48.9 Å². The summed E-state index contributed by atoms with van der Waals surface area (Å²) in [6, 6.07) is 7.97. The van der Waals surface area contributed by atoms with Gasteiger partial charge in [-0.25, -0.2) is 13.2 Å². The molecule has 1 N–H and O–H groups in total. The molecule has 0 unspecified atom stereocenters. The van der Waals surface area contributed by atoms with Crippen LogP contribution in [-0.4, -0.2) is 21.5 Å². The maximum atomic E-state index is 12.9. The predicted octanol–water partition coefficient (Wildman–Crippen LogP) is 3.60. The molecule has 0 fully saturated rings. The minimum Gasteiger partial charge on any atom is -0.465 e. The molecule has 0 heterocycles. The van der Waals surface area contributed by atoms with Crippen LogP contribution in [0.4, 0.5) is 18.9 Å². The van der Waals surface area contributed by atoms with Gasteiger partial charge in [-0.15, -0.1) is 0 Å². The van der Waals surface area contributed by atoms with Crippen molar-refractivity contribution in [2.45, 2.75) is 18.0 Å². The summed E-state index contributed by atoms with van der Waals surface area (Å²) in [6.45, 7) is 1.28. The molecule has 0 aliphatic heterocycles. The number of anilines is 1. The lowest BCUT2D eigenvalue weighted by molar-refractivity contribution is -0.138. The number of methoxy groups -OCH3 is 1. The lowest BCUT2D eigenvalue weighted by Crippen LogP contribution is -2.15. The van der Waals surface area contributed by atoms with Crippen LogP contribution in [0.15, 0.2) is 47.4 Å². The first-order valence-corrected chi connectivity index (χ1v) is 8.42. The second kappa shape index (κ2) is 6.75. The lowest BCUT2D eigenvalue weighted by atomic mass is 10.1. The SMILES string of the molecule is COC(=O)c1ccc(S(=O)(=O)Nc2ccc(C)c(C(F)(F)F)c2)cc1. The molecule has 134 valence electrons. The number of ether oxygens (including phenoxy) is 1. The monoisotopic (exact) mass is 373 g/mol. The number of rotatable bonds is 4. The second-order valence-corrected chi connectivity index (χ2v) is 6.83. The van der Waals surface area contributed by atoms with E-state index in [9.17, 15) is 26.4 Å². The van der Waals surface area contributed by atoms with Gasteiger partial charge in [0.1, 0.15) is 0 Å². The van der Waals surface area contributed by atoms with E-state index in [0.29, 0.717) is 0 Å². The Bertz CT molecular complexity index is 891. The first kappa shape index (κ1) is 18.8. The Morgan fingerprint density at radius 3 is 2.20 bits per heavy atom. The number of benzene rings is 2. The topological polar surface area (TPSA) is 72.5 Å². The molecule has 0 amide bonds. The molecular formula is C16H14F3NO4S. The van der Waals surface area contributed by atoms with E-state index in [1.54, 1.807) is 0 Å². The van der Waals surface area contributed by atoms with E-state index in [1.165, 1.54) is 38.3 Å². The molecule has 0 saturated heterocycles. The van der Waals surface area contributed by atoms with Crippen molar-refractivity contribution >= 4 is 21.7 Å².